The molecule has 0 saturated carbocycles. The summed E-state index contributed by atoms with van der Waals surface area (Å²) in [6, 6.07) is 12.9. The number of rotatable bonds is 3. The van der Waals surface area contributed by atoms with Crippen LogP contribution in [0.5, 0.6) is 0 Å². The Balaban J connectivity index is 0.00000141. The van der Waals surface area contributed by atoms with Crippen LogP contribution in [0.3, 0.4) is 0 Å². The number of amides is 2. The molecule has 170 valence electrons. The van der Waals surface area contributed by atoms with E-state index >= 15 is 0 Å². The van der Waals surface area contributed by atoms with Gasteiger partial charge in [0.1, 0.15) is 11.6 Å². The van der Waals surface area contributed by atoms with Gasteiger partial charge in [-0.2, -0.15) is 0 Å². The molecule has 2 aliphatic heterocycles. The predicted molar refractivity (Wildman–Crippen MR) is 130 cm³/mol. The Morgan fingerprint density at radius 3 is 2.41 bits per heavy atom. The summed E-state index contributed by atoms with van der Waals surface area (Å²) >= 11 is 3.89. The minimum absolute atomic E-state index is 0.0820. The van der Waals surface area contributed by atoms with Crippen LogP contribution in [-0.2, 0) is 11.8 Å². The average Bonchev–Trinajstić information content (AvgIpc) is 3.27. The molecule has 0 aromatic heterocycles. The van der Waals surface area contributed by atoms with Crippen LogP contribution in [0.4, 0.5) is 13.6 Å². The summed E-state index contributed by atoms with van der Waals surface area (Å²) in [6.07, 6.45) is 3.75. The summed E-state index contributed by atoms with van der Waals surface area (Å²) in [5.41, 5.74) is 1.80. The van der Waals surface area contributed by atoms with Crippen molar-refractivity contribution in [2.75, 3.05) is 33.7 Å². The van der Waals surface area contributed by atoms with Gasteiger partial charge in [-0.1, -0.05) is 48.2 Å². The van der Waals surface area contributed by atoms with Gasteiger partial charge in [-0.15, -0.1) is 0 Å². The summed E-state index contributed by atoms with van der Waals surface area (Å²) < 4.78 is 28.2. The molecule has 0 radical (unpaired) electrons. The van der Waals surface area contributed by atoms with Crippen LogP contribution in [0.25, 0.3) is 5.57 Å². The van der Waals surface area contributed by atoms with E-state index in [0.717, 1.165) is 43.6 Å². The summed E-state index contributed by atoms with van der Waals surface area (Å²) in [5.74, 6) is -0.968. The number of halogens is 2. The molecule has 0 bridgehead atoms. The van der Waals surface area contributed by atoms with Crippen molar-refractivity contribution in [1.82, 2.24) is 14.7 Å². The molecular formula is C24H28F2N3OPS. The zero-order valence-corrected chi connectivity index (χ0v) is 20.1. The number of urea groups is 1. The smallest absolute Gasteiger partial charge is 0.321 e. The number of hydrogen-bond donors (Lipinski definition) is 0. The molecule has 1 saturated heterocycles. The van der Waals surface area contributed by atoms with Gasteiger partial charge < -0.3 is 14.7 Å². The van der Waals surface area contributed by atoms with Gasteiger partial charge in [0.05, 0.1) is 6.04 Å². The van der Waals surface area contributed by atoms with E-state index in [9.17, 15) is 13.6 Å². The molecule has 2 amide bonds. The first-order chi connectivity index (χ1) is 15.4. The monoisotopic (exact) mass is 475 g/mol. The molecule has 0 N–H and O–H groups in total. The second-order valence-corrected chi connectivity index (χ2v) is 8.23. The number of hydrogen-bond acceptors (Lipinski definition) is 3. The van der Waals surface area contributed by atoms with Crippen molar-refractivity contribution < 1.29 is 13.6 Å². The quantitative estimate of drug-likeness (QED) is 0.575. The van der Waals surface area contributed by atoms with E-state index in [0.29, 0.717) is 5.57 Å². The van der Waals surface area contributed by atoms with Gasteiger partial charge in [-0.05, 0) is 70.3 Å². The zero-order chi connectivity index (χ0) is 23.3. The Morgan fingerprint density at radius 2 is 1.75 bits per heavy atom. The third-order valence-corrected chi connectivity index (χ3v) is 6.23. The number of carbonyl (C=O) groups is 1. The number of nitrogens with zero attached hydrogens (tertiary/aromatic N) is 3. The Hall–Kier alpha value is -2.21. The van der Waals surface area contributed by atoms with Crippen LogP contribution >= 0.6 is 8.02 Å². The minimum Gasteiger partial charge on any atom is -0.325 e. The van der Waals surface area contributed by atoms with E-state index in [1.165, 1.54) is 6.07 Å². The van der Waals surface area contributed by atoms with Crippen molar-refractivity contribution in [3.63, 3.8) is 0 Å². The van der Waals surface area contributed by atoms with Gasteiger partial charge in [0.25, 0.3) is 0 Å². The largest absolute Gasteiger partial charge is 0.325 e. The van der Waals surface area contributed by atoms with E-state index in [1.807, 2.05) is 48.4 Å². The summed E-state index contributed by atoms with van der Waals surface area (Å²) in [7, 11) is 6.49. The summed E-state index contributed by atoms with van der Waals surface area (Å²) in [6.45, 7) is 2.17. The first-order valence-corrected chi connectivity index (χ1v) is 12.2. The first-order valence-electron chi connectivity index (χ1n) is 10.6. The molecule has 1 fully saturated rings. The highest BCUT2D eigenvalue weighted by Crippen LogP contribution is 2.36. The maximum Gasteiger partial charge on any atom is 0.321 e. The second-order valence-electron chi connectivity index (χ2n) is 8.23. The molecule has 2 aliphatic rings. The van der Waals surface area contributed by atoms with Crippen molar-refractivity contribution in [2.45, 2.75) is 24.9 Å². The summed E-state index contributed by atoms with van der Waals surface area (Å²) in [5, 5.41) is 0. The lowest BCUT2D eigenvalue weighted by Gasteiger charge is -2.38. The van der Waals surface area contributed by atoms with Crippen molar-refractivity contribution in [3.8, 4) is 0 Å². The Morgan fingerprint density at radius 1 is 1.09 bits per heavy atom. The lowest BCUT2D eigenvalue weighted by Crippen LogP contribution is -2.49. The highest BCUT2D eigenvalue weighted by Gasteiger charge is 2.35. The molecule has 0 aliphatic carbocycles. The topological polar surface area (TPSA) is 26.8 Å². The predicted octanol–water partition coefficient (Wildman–Crippen LogP) is 5.14. The second kappa shape index (κ2) is 11.1. The van der Waals surface area contributed by atoms with Crippen LogP contribution in [0.2, 0.25) is 0 Å². The van der Waals surface area contributed by atoms with Gasteiger partial charge in [-0.25, -0.2) is 13.6 Å². The van der Waals surface area contributed by atoms with Crippen LogP contribution in [0.15, 0.2) is 54.6 Å². The van der Waals surface area contributed by atoms with Gasteiger partial charge in [0.15, 0.2) is 0 Å². The maximum absolute atomic E-state index is 14.4. The highest BCUT2D eigenvalue weighted by molar-refractivity contribution is 7.88. The third kappa shape index (κ3) is 5.40. The van der Waals surface area contributed by atoms with Gasteiger partial charge in [-0.3, -0.25) is 0 Å². The van der Waals surface area contributed by atoms with E-state index in [-0.39, 0.29) is 30.2 Å². The summed E-state index contributed by atoms with van der Waals surface area (Å²) in [4.78, 5) is 19.3. The van der Waals surface area contributed by atoms with Crippen LogP contribution in [0.1, 0.15) is 30.0 Å². The molecule has 2 heterocycles. The Bertz CT molecular complexity index is 967. The normalized spacial score (nSPS) is 19.2. The molecule has 1 atom stereocenters. The first kappa shape index (κ1) is 24.4. The van der Waals surface area contributed by atoms with Crippen molar-refractivity contribution >= 4 is 31.4 Å². The fourth-order valence-corrected chi connectivity index (χ4v) is 4.39. The molecule has 0 unspecified atom stereocenters. The lowest BCUT2D eigenvalue weighted by molar-refractivity contribution is 0.118. The highest BCUT2D eigenvalue weighted by atomic mass is 32.4. The van der Waals surface area contributed by atoms with Gasteiger partial charge in [0, 0.05) is 25.2 Å². The van der Waals surface area contributed by atoms with Crippen LogP contribution in [0, 0.1) is 11.6 Å². The Labute approximate surface area is 195 Å². The fourth-order valence-electron chi connectivity index (χ4n) is 4.39. The standard InChI is InChI=1S/C24H27F2N3O.HPS/c1-27-12-10-20(11-13-27)28(2)24(30)29-16-18(21-15-19(25)8-9-22(21)26)14-23(29)17-6-4-3-5-7-17;1-2/h3-9,14-15,20,23H,10-13,16H2,1-2H3;1H/t23-;/m0./s1. The minimum atomic E-state index is -0.489. The molecule has 8 heteroatoms. The van der Waals surface area contributed by atoms with E-state index in [4.69, 9.17) is 0 Å². The van der Waals surface area contributed by atoms with Crippen molar-refractivity contribution in [2.24, 2.45) is 0 Å². The van der Waals surface area contributed by atoms with Crippen LogP contribution in [-0.4, -0.2) is 60.5 Å². The number of piperidine rings is 1. The van der Waals surface area contributed by atoms with Gasteiger partial charge >= 0.3 is 6.03 Å². The molecule has 2 aromatic carbocycles. The Kier molecular flexibility index (Phi) is 8.46. The van der Waals surface area contributed by atoms with Crippen molar-refractivity contribution in [3.05, 3.63) is 77.4 Å². The molecule has 0 spiro atoms. The van der Waals surface area contributed by atoms with E-state index in [2.05, 4.69) is 31.8 Å². The molecule has 4 nitrogen and oxygen atoms in total. The van der Waals surface area contributed by atoms with Gasteiger partial charge in [0.2, 0.25) is 0 Å². The third-order valence-electron chi connectivity index (χ3n) is 6.23. The van der Waals surface area contributed by atoms with Crippen molar-refractivity contribution in [1.29, 1.82) is 0 Å². The maximum atomic E-state index is 14.4. The van der Waals surface area contributed by atoms with Crippen LogP contribution < -0.4 is 0 Å². The number of carbonyl (C=O) groups excluding carboxylic acids is 1. The number of benzene rings is 2. The zero-order valence-electron chi connectivity index (χ0n) is 18.3. The molecule has 4 rings (SSSR count). The SMILES string of the molecule is CN1CCC(N(C)C(=O)N2CC(c3cc(F)ccc3F)=C[C@H]2c2ccccc2)CC1.P=S. The lowest BCUT2D eigenvalue weighted by atomic mass is 10.0. The molecule has 32 heavy (non-hydrogen) atoms. The van der Waals surface area contributed by atoms with E-state index < -0.39 is 11.6 Å². The fraction of sp³-hybridized carbons (Fsp3) is 0.375. The molecular weight excluding hydrogens is 447 g/mol. The number of likely N-dealkylation sites (tertiary alicyclic amines) is 1. The van der Waals surface area contributed by atoms with E-state index in [1.54, 1.807) is 4.90 Å². The molecule has 2 aromatic rings. The average molecular weight is 476 g/mol.